The lowest BCUT2D eigenvalue weighted by molar-refractivity contribution is -0.144. The highest BCUT2D eigenvalue weighted by molar-refractivity contribution is 7.13. The molecule has 9 rings (SSSR count). The summed E-state index contributed by atoms with van der Waals surface area (Å²) in [6.45, 7) is 17.9. The van der Waals surface area contributed by atoms with E-state index in [2.05, 4.69) is 69.9 Å². The Kier molecular flexibility index (Phi) is 18.6. The number of hydrogen-bond donors (Lipinski definition) is 5. The fourth-order valence-electron chi connectivity index (χ4n) is 11.2. The van der Waals surface area contributed by atoms with E-state index in [1.807, 2.05) is 107 Å². The zero-order chi connectivity index (χ0) is 55.6. The van der Waals surface area contributed by atoms with Gasteiger partial charge < -0.3 is 41.1 Å². The van der Waals surface area contributed by atoms with Crippen molar-refractivity contribution >= 4 is 75.1 Å². The monoisotopic (exact) mass is 1090 g/mol. The molecular formula is C60H79N13O5S. The minimum atomic E-state index is -0.852. The molecule has 4 amide bonds. The smallest absolute Gasteiger partial charge is 0.246 e. The van der Waals surface area contributed by atoms with Crippen molar-refractivity contribution in [3.8, 4) is 10.4 Å². The van der Waals surface area contributed by atoms with Gasteiger partial charge in [-0.15, -0.1) is 11.3 Å². The van der Waals surface area contributed by atoms with E-state index in [4.69, 9.17) is 9.97 Å². The number of thiazole rings is 1. The largest absolute Gasteiger partial charge is 0.391 e. The number of carbonyl (C=O) groups is 4. The van der Waals surface area contributed by atoms with Crippen LogP contribution in [0, 0.1) is 12.3 Å². The van der Waals surface area contributed by atoms with Crippen molar-refractivity contribution < 1.29 is 24.3 Å². The molecule has 3 aromatic heterocycles. The van der Waals surface area contributed by atoms with Crippen LogP contribution in [0.15, 0.2) is 90.6 Å². The first-order chi connectivity index (χ1) is 38.1. The molecule has 19 heteroatoms. The van der Waals surface area contributed by atoms with Crippen LogP contribution in [0.25, 0.3) is 21.6 Å². The van der Waals surface area contributed by atoms with Crippen LogP contribution in [0.3, 0.4) is 0 Å². The number of β-amino-alcohol motifs (C(OH)–C–C–N with tert-alkyl or cyclic N) is 1. The zero-order valence-electron chi connectivity index (χ0n) is 46.8. The standard InChI is InChI=1S/C60H79N13O5S/c1-7-52(76)71-30-16-19-47(37-71)73-55-49(66-59(73)65-44-17-12-11-13-18-44)36-61-58(68-55)64-45-25-27-46(28-26-45)70-33-31-69(32-34-70)29-15-10-8-9-14-20-51(75)67-54(60(4,5)6)57(78)72-38-48(74)35-50(72)56(77)63-40(2)42-21-23-43(24-22-42)53-41(3)62-39-79-53/h11-13,17-18,21-28,36,39-40,47-48,50,54,74H,7-10,14-16,19-20,29-35,37-38H2,1-6H3,(H,63,77)(H,65,66)(H,67,75)(H,61,64,68). The molecule has 3 aliphatic rings. The summed E-state index contributed by atoms with van der Waals surface area (Å²) in [5.74, 6) is 0.458. The van der Waals surface area contributed by atoms with Crippen LogP contribution >= 0.6 is 11.3 Å². The Morgan fingerprint density at radius 2 is 1.53 bits per heavy atom. The summed E-state index contributed by atoms with van der Waals surface area (Å²) in [5, 5.41) is 23.7. The second-order valence-electron chi connectivity index (χ2n) is 22.6. The summed E-state index contributed by atoms with van der Waals surface area (Å²) in [7, 11) is 0. The molecule has 79 heavy (non-hydrogen) atoms. The Labute approximate surface area is 468 Å². The van der Waals surface area contributed by atoms with Gasteiger partial charge in [-0.2, -0.15) is 4.98 Å². The fraction of sp³-hybridized carbons (Fsp3) is 0.500. The number of carbonyl (C=O) groups excluding carboxylic acids is 4. The topological polar surface area (TPSA) is 206 Å². The Balaban J connectivity index is 0.688. The second kappa shape index (κ2) is 25.9. The number of aliphatic hydroxyl groups excluding tert-OH is 1. The molecule has 0 aliphatic carbocycles. The molecule has 3 aromatic carbocycles. The van der Waals surface area contributed by atoms with Crippen LogP contribution < -0.4 is 26.2 Å². The van der Waals surface area contributed by atoms with Gasteiger partial charge in [0.1, 0.15) is 17.6 Å². The molecule has 420 valence electrons. The van der Waals surface area contributed by atoms with Crippen molar-refractivity contribution in [3.63, 3.8) is 0 Å². The number of benzene rings is 3. The minimum Gasteiger partial charge on any atom is -0.391 e. The minimum absolute atomic E-state index is 0.0126. The average molecular weight is 1090 g/mol. The van der Waals surface area contributed by atoms with Gasteiger partial charge >= 0.3 is 0 Å². The van der Waals surface area contributed by atoms with Gasteiger partial charge in [-0.1, -0.05) is 89.4 Å². The van der Waals surface area contributed by atoms with E-state index in [1.54, 1.807) is 17.5 Å². The Hall–Kier alpha value is -6.96. The van der Waals surface area contributed by atoms with Crippen LogP contribution in [0.4, 0.5) is 29.0 Å². The molecule has 3 aliphatic heterocycles. The Morgan fingerprint density at radius 3 is 2.24 bits per heavy atom. The van der Waals surface area contributed by atoms with Gasteiger partial charge in [0.15, 0.2) is 5.65 Å². The van der Waals surface area contributed by atoms with E-state index in [0.717, 1.165) is 123 Å². The number of amides is 4. The Bertz CT molecular complexity index is 3010. The number of nitrogens with zero attached hydrogens (tertiary/aromatic N) is 9. The SMILES string of the molecule is CCC(=O)N1CCCC(n2c(Nc3ccccc3)nc3cnc(Nc4ccc(N5CCN(CCCCCCCC(=O)NC(C(=O)N6CC(O)CC6C(=O)NC(C)c6ccc(-c7scnc7C)cc6)C(C)(C)C)CC5)cc4)nc32)C1. The van der Waals surface area contributed by atoms with Gasteiger partial charge in [0, 0.05) is 82.1 Å². The molecule has 0 saturated carbocycles. The highest BCUT2D eigenvalue weighted by Gasteiger charge is 2.45. The fourth-order valence-corrected chi connectivity index (χ4v) is 12.0. The van der Waals surface area contributed by atoms with Gasteiger partial charge in [0.25, 0.3) is 0 Å². The number of piperazine rings is 1. The van der Waals surface area contributed by atoms with Gasteiger partial charge in [-0.3, -0.25) is 28.6 Å². The number of fused-ring (bicyclic) bond motifs is 1. The van der Waals surface area contributed by atoms with Gasteiger partial charge in [0.05, 0.1) is 40.5 Å². The van der Waals surface area contributed by atoms with Crippen molar-refractivity contribution in [2.24, 2.45) is 5.41 Å². The first-order valence-electron chi connectivity index (χ1n) is 28.4. The second-order valence-corrected chi connectivity index (χ2v) is 23.4. The normalized spacial score (nSPS) is 18.8. The van der Waals surface area contributed by atoms with Crippen LogP contribution in [-0.2, 0) is 19.2 Å². The van der Waals surface area contributed by atoms with Gasteiger partial charge in [0.2, 0.25) is 35.5 Å². The zero-order valence-corrected chi connectivity index (χ0v) is 47.6. The highest BCUT2D eigenvalue weighted by atomic mass is 32.1. The number of anilines is 5. The highest BCUT2D eigenvalue weighted by Crippen LogP contribution is 2.34. The number of rotatable bonds is 21. The lowest BCUT2D eigenvalue weighted by Crippen LogP contribution is -2.57. The molecule has 6 aromatic rings. The summed E-state index contributed by atoms with van der Waals surface area (Å²) >= 11 is 1.59. The number of piperidine rings is 1. The van der Waals surface area contributed by atoms with Gasteiger partial charge in [-0.05, 0) is 99.0 Å². The molecule has 18 nitrogen and oxygen atoms in total. The molecule has 0 bridgehead atoms. The quantitative estimate of drug-likeness (QED) is 0.0427. The third kappa shape index (κ3) is 14.3. The molecule has 5 atom stereocenters. The number of hydrogen-bond acceptors (Lipinski definition) is 14. The number of para-hydroxylation sites is 1. The van der Waals surface area contributed by atoms with E-state index >= 15 is 0 Å². The summed E-state index contributed by atoms with van der Waals surface area (Å²) in [6.07, 6.45) is 8.53. The van der Waals surface area contributed by atoms with Crippen LogP contribution in [0.5, 0.6) is 0 Å². The molecule has 0 spiro atoms. The molecular weight excluding hydrogens is 1010 g/mol. The van der Waals surface area contributed by atoms with E-state index in [9.17, 15) is 24.3 Å². The number of aliphatic hydroxyl groups is 1. The van der Waals surface area contributed by atoms with Crippen molar-refractivity contribution in [2.45, 2.75) is 136 Å². The molecule has 0 radical (unpaired) electrons. The third-order valence-electron chi connectivity index (χ3n) is 15.7. The summed E-state index contributed by atoms with van der Waals surface area (Å²) < 4.78 is 2.14. The molecule has 3 saturated heterocycles. The maximum Gasteiger partial charge on any atom is 0.246 e. The number of unbranched alkanes of at least 4 members (excludes halogenated alkanes) is 4. The Morgan fingerprint density at radius 1 is 0.810 bits per heavy atom. The maximum absolute atomic E-state index is 14.2. The average Bonchev–Trinajstić information content (AvgIpc) is 4.28. The third-order valence-corrected chi connectivity index (χ3v) is 16.7. The van der Waals surface area contributed by atoms with Crippen molar-refractivity contribution in [3.05, 3.63) is 102 Å². The number of likely N-dealkylation sites (tertiary alicyclic amines) is 2. The first-order valence-corrected chi connectivity index (χ1v) is 29.3. The summed E-state index contributed by atoms with van der Waals surface area (Å²) in [4.78, 5) is 82.5. The lowest BCUT2D eigenvalue weighted by atomic mass is 9.85. The molecule has 5 N–H and O–H groups in total. The van der Waals surface area contributed by atoms with Crippen LogP contribution in [0.1, 0.15) is 122 Å². The predicted octanol–water partition coefficient (Wildman–Crippen LogP) is 9.15. The van der Waals surface area contributed by atoms with E-state index < -0.39 is 23.6 Å². The van der Waals surface area contributed by atoms with E-state index in [0.29, 0.717) is 36.8 Å². The molecule has 6 heterocycles. The van der Waals surface area contributed by atoms with Crippen molar-refractivity contribution in [1.29, 1.82) is 0 Å². The van der Waals surface area contributed by atoms with Crippen LogP contribution in [-0.4, -0.2) is 138 Å². The molecule has 5 unspecified atom stereocenters. The number of imidazole rings is 1. The number of aryl methyl sites for hydroxylation is 1. The maximum atomic E-state index is 14.2. The summed E-state index contributed by atoms with van der Waals surface area (Å²) in [6, 6.07) is 24.4. The molecule has 3 fully saturated rings. The predicted molar refractivity (Wildman–Crippen MR) is 313 cm³/mol. The number of nitrogens with one attached hydrogen (secondary N) is 4. The van der Waals surface area contributed by atoms with Crippen molar-refractivity contribution in [2.75, 3.05) is 67.9 Å². The summed E-state index contributed by atoms with van der Waals surface area (Å²) in [5.41, 5.74) is 8.57. The van der Waals surface area contributed by atoms with Crippen molar-refractivity contribution in [1.82, 2.24) is 49.8 Å². The first kappa shape index (κ1) is 56.7. The van der Waals surface area contributed by atoms with Gasteiger partial charge in [-0.25, -0.2) is 15.0 Å². The lowest BCUT2D eigenvalue weighted by Gasteiger charge is -2.36. The van der Waals surface area contributed by atoms with E-state index in [1.165, 1.54) is 10.6 Å². The van der Waals surface area contributed by atoms with E-state index in [-0.39, 0.29) is 48.7 Å². The van der Waals surface area contributed by atoms with Crippen LogP contribution in [0.2, 0.25) is 0 Å². The number of aromatic nitrogens is 5.